The van der Waals surface area contributed by atoms with Crippen molar-refractivity contribution in [2.75, 3.05) is 6.26 Å². The van der Waals surface area contributed by atoms with Gasteiger partial charge in [0.1, 0.15) is 0 Å². The summed E-state index contributed by atoms with van der Waals surface area (Å²) >= 11 is 0. The van der Waals surface area contributed by atoms with Crippen molar-refractivity contribution in [2.24, 2.45) is 5.73 Å². The maximum absolute atomic E-state index is 11.6. The minimum absolute atomic E-state index is 0.294. The summed E-state index contributed by atoms with van der Waals surface area (Å²) in [5.41, 5.74) is 8.06. The second-order valence-corrected chi connectivity index (χ2v) is 7.34. The average Bonchev–Trinajstić information content (AvgIpc) is 2.46. The van der Waals surface area contributed by atoms with Gasteiger partial charge in [0, 0.05) is 12.7 Å². The van der Waals surface area contributed by atoms with Gasteiger partial charge in [-0.3, -0.25) is 4.79 Å². The quantitative estimate of drug-likeness (QED) is 0.889. The van der Waals surface area contributed by atoms with E-state index >= 15 is 0 Å². The molecule has 0 aromatic heterocycles. The number of carbonyl (C=O) groups is 1. The normalized spacial score (nSPS) is 11.3. The molecule has 0 spiro atoms. The minimum atomic E-state index is -3.22. The van der Waals surface area contributed by atoms with Crippen LogP contribution >= 0.6 is 0 Å². The summed E-state index contributed by atoms with van der Waals surface area (Å²) in [4.78, 5) is 11.1. The van der Waals surface area contributed by atoms with Gasteiger partial charge in [0.25, 0.3) is 0 Å². The first-order valence-electron chi connectivity index (χ1n) is 7.04. The Morgan fingerprint density at radius 1 is 1.05 bits per heavy atom. The number of carbonyl (C=O) groups excluding carboxylic acids is 1. The average molecular weight is 317 g/mol. The largest absolute Gasteiger partial charge is 0.370 e. The monoisotopic (exact) mass is 317 g/mol. The molecular weight excluding hydrogens is 298 g/mol. The van der Waals surface area contributed by atoms with E-state index in [0.717, 1.165) is 23.1 Å². The second-order valence-electron chi connectivity index (χ2n) is 5.32. The van der Waals surface area contributed by atoms with Crippen molar-refractivity contribution in [2.45, 2.75) is 24.2 Å². The SMILES string of the molecule is CS(=O)(=O)c1cccc(-c2cccc(CCCC(N)=O)c2)c1. The fourth-order valence-electron chi connectivity index (χ4n) is 2.28. The van der Waals surface area contributed by atoms with Crippen LogP contribution in [0.4, 0.5) is 0 Å². The third kappa shape index (κ3) is 4.43. The van der Waals surface area contributed by atoms with Crippen molar-refractivity contribution in [3.63, 3.8) is 0 Å². The maximum atomic E-state index is 11.6. The lowest BCUT2D eigenvalue weighted by Crippen LogP contribution is -2.10. The lowest BCUT2D eigenvalue weighted by Gasteiger charge is -2.07. The Bertz CT molecular complexity index is 782. The molecule has 22 heavy (non-hydrogen) atoms. The first kappa shape index (κ1) is 16.2. The third-order valence-electron chi connectivity index (χ3n) is 3.41. The number of primary amides is 1. The van der Waals surface area contributed by atoms with Crippen molar-refractivity contribution in [1.82, 2.24) is 0 Å². The molecule has 2 rings (SSSR count). The number of nitrogens with two attached hydrogens (primary N) is 1. The zero-order valence-corrected chi connectivity index (χ0v) is 13.3. The molecular formula is C17H19NO3S. The van der Waals surface area contributed by atoms with Gasteiger partial charge in [-0.05, 0) is 41.7 Å². The summed E-state index contributed by atoms with van der Waals surface area (Å²) in [6.07, 6.45) is 3.05. The van der Waals surface area contributed by atoms with Crippen molar-refractivity contribution in [1.29, 1.82) is 0 Å². The Balaban J connectivity index is 2.24. The van der Waals surface area contributed by atoms with Gasteiger partial charge < -0.3 is 5.73 Å². The van der Waals surface area contributed by atoms with Gasteiger partial charge >= 0.3 is 0 Å². The Morgan fingerprint density at radius 3 is 2.32 bits per heavy atom. The molecule has 0 aliphatic carbocycles. The van der Waals surface area contributed by atoms with Crippen LogP contribution in [0.15, 0.2) is 53.4 Å². The number of benzene rings is 2. The first-order valence-corrected chi connectivity index (χ1v) is 8.93. The van der Waals surface area contributed by atoms with E-state index in [9.17, 15) is 13.2 Å². The van der Waals surface area contributed by atoms with Gasteiger partial charge in [-0.2, -0.15) is 0 Å². The van der Waals surface area contributed by atoms with E-state index < -0.39 is 9.84 Å². The van der Waals surface area contributed by atoms with E-state index in [2.05, 4.69) is 0 Å². The molecule has 0 saturated carbocycles. The molecule has 0 bridgehead atoms. The fourth-order valence-corrected chi connectivity index (χ4v) is 2.95. The van der Waals surface area contributed by atoms with Gasteiger partial charge in [-0.1, -0.05) is 36.4 Å². The Labute approximate surface area is 130 Å². The number of aryl methyl sites for hydroxylation is 1. The molecule has 0 atom stereocenters. The molecule has 0 saturated heterocycles. The van der Waals surface area contributed by atoms with Gasteiger partial charge in [0.05, 0.1) is 4.90 Å². The molecule has 4 nitrogen and oxygen atoms in total. The van der Waals surface area contributed by atoms with Crippen molar-refractivity contribution in [3.8, 4) is 11.1 Å². The molecule has 0 aliphatic heterocycles. The van der Waals surface area contributed by atoms with Gasteiger partial charge in [-0.25, -0.2) is 8.42 Å². The summed E-state index contributed by atoms with van der Waals surface area (Å²) in [5.74, 6) is -0.294. The summed E-state index contributed by atoms with van der Waals surface area (Å²) in [5, 5.41) is 0. The van der Waals surface area contributed by atoms with E-state index in [1.54, 1.807) is 18.2 Å². The molecule has 2 aromatic rings. The molecule has 0 unspecified atom stereocenters. The Morgan fingerprint density at radius 2 is 1.68 bits per heavy atom. The van der Waals surface area contributed by atoms with Crippen LogP contribution in [0.1, 0.15) is 18.4 Å². The molecule has 2 N–H and O–H groups in total. The predicted molar refractivity (Wildman–Crippen MR) is 87.1 cm³/mol. The van der Waals surface area contributed by atoms with E-state index in [0.29, 0.717) is 17.7 Å². The molecule has 0 fully saturated rings. The number of hydrogen-bond acceptors (Lipinski definition) is 3. The molecule has 2 aromatic carbocycles. The van der Waals surface area contributed by atoms with Crippen LogP contribution in [-0.2, 0) is 21.1 Å². The fraction of sp³-hybridized carbons (Fsp3) is 0.235. The van der Waals surface area contributed by atoms with Crippen LogP contribution in [0.25, 0.3) is 11.1 Å². The maximum Gasteiger partial charge on any atom is 0.217 e. The number of sulfone groups is 1. The predicted octanol–water partition coefficient (Wildman–Crippen LogP) is 2.57. The standard InChI is InChI=1S/C17H19NO3S/c1-22(20,21)16-9-4-8-15(12-16)14-7-2-5-13(11-14)6-3-10-17(18)19/h2,4-5,7-9,11-12H,3,6,10H2,1H3,(H2,18,19). The minimum Gasteiger partial charge on any atom is -0.370 e. The summed E-state index contributed by atoms with van der Waals surface area (Å²) < 4.78 is 23.3. The van der Waals surface area contributed by atoms with Crippen LogP contribution in [0.5, 0.6) is 0 Å². The van der Waals surface area contributed by atoms with Crippen LogP contribution in [0.3, 0.4) is 0 Å². The second kappa shape index (κ2) is 6.75. The third-order valence-corrected chi connectivity index (χ3v) is 4.52. The zero-order valence-electron chi connectivity index (χ0n) is 12.5. The molecule has 116 valence electrons. The van der Waals surface area contributed by atoms with Crippen LogP contribution in [0, 0.1) is 0 Å². The molecule has 0 radical (unpaired) electrons. The lowest BCUT2D eigenvalue weighted by atomic mass is 10.0. The van der Waals surface area contributed by atoms with Crippen molar-refractivity contribution < 1.29 is 13.2 Å². The van der Waals surface area contributed by atoms with Crippen LogP contribution in [0.2, 0.25) is 0 Å². The van der Waals surface area contributed by atoms with Gasteiger partial charge in [0.15, 0.2) is 9.84 Å². The highest BCUT2D eigenvalue weighted by Gasteiger charge is 2.08. The van der Waals surface area contributed by atoms with Crippen molar-refractivity contribution in [3.05, 3.63) is 54.1 Å². The van der Waals surface area contributed by atoms with Crippen molar-refractivity contribution >= 4 is 15.7 Å². The van der Waals surface area contributed by atoms with E-state index in [1.165, 1.54) is 6.26 Å². The Kier molecular flexibility index (Phi) is 4.98. The number of amides is 1. The van der Waals surface area contributed by atoms with E-state index in [1.807, 2.05) is 30.3 Å². The van der Waals surface area contributed by atoms with Gasteiger partial charge in [-0.15, -0.1) is 0 Å². The number of hydrogen-bond donors (Lipinski definition) is 1. The van der Waals surface area contributed by atoms with Gasteiger partial charge in [0.2, 0.25) is 5.91 Å². The molecule has 0 heterocycles. The number of rotatable bonds is 6. The van der Waals surface area contributed by atoms with E-state index in [4.69, 9.17) is 5.73 Å². The zero-order chi connectivity index (χ0) is 16.2. The highest BCUT2D eigenvalue weighted by Crippen LogP contribution is 2.24. The van der Waals surface area contributed by atoms with Crippen LogP contribution < -0.4 is 5.73 Å². The summed E-state index contributed by atoms with van der Waals surface area (Å²) in [7, 11) is -3.22. The summed E-state index contributed by atoms with van der Waals surface area (Å²) in [6, 6.07) is 14.8. The summed E-state index contributed by atoms with van der Waals surface area (Å²) in [6.45, 7) is 0. The molecule has 1 amide bonds. The molecule has 5 heteroatoms. The van der Waals surface area contributed by atoms with E-state index in [-0.39, 0.29) is 5.91 Å². The highest BCUT2D eigenvalue weighted by atomic mass is 32.2. The lowest BCUT2D eigenvalue weighted by molar-refractivity contribution is -0.118. The smallest absolute Gasteiger partial charge is 0.217 e. The Hall–Kier alpha value is -2.14. The highest BCUT2D eigenvalue weighted by molar-refractivity contribution is 7.90. The van der Waals surface area contributed by atoms with Crippen LogP contribution in [-0.4, -0.2) is 20.6 Å². The first-order chi connectivity index (χ1) is 10.4. The molecule has 0 aliphatic rings. The topological polar surface area (TPSA) is 77.2 Å².